The first kappa shape index (κ1) is 15.9. The van der Waals surface area contributed by atoms with Gasteiger partial charge in [0.1, 0.15) is 6.04 Å². The molecule has 1 unspecified atom stereocenters. The summed E-state index contributed by atoms with van der Waals surface area (Å²) in [6, 6.07) is 5.14. The summed E-state index contributed by atoms with van der Waals surface area (Å²) in [5.41, 5.74) is 2.76. The minimum Gasteiger partial charge on any atom is -0.480 e. The molecule has 1 aliphatic rings. The molecule has 0 aliphatic carbocycles. The summed E-state index contributed by atoms with van der Waals surface area (Å²) in [4.78, 5) is 13.8. The maximum atomic E-state index is 11.7. The van der Waals surface area contributed by atoms with E-state index in [1.165, 1.54) is 0 Å². The van der Waals surface area contributed by atoms with Crippen LogP contribution in [-0.4, -0.2) is 22.7 Å². The number of halogens is 1. The molecule has 1 atom stereocenters. The maximum Gasteiger partial charge on any atom is 0.326 e. The number of carboxylic acids is 1. The first-order valence-electron chi connectivity index (χ1n) is 7.29. The van der Waals surface area contributed by atoms with Crippen LogP contribution in [0, 0.1) is 0 Å². The van der Waals surface area contributed by atoms with E-state index in [4.69, 9.17) is 11.6 Å². The minimum atomic E-state index is -0.779. The number of nitrogens with zero attached hydrogens (tertiary/aromatic N) is 1. The average Bonchev–Trinajstić information content (AvgIpc) is 2.37. The van der Waals surface area contributed by atoms with Gasteiger partial charge in [-0.3, -0.25) is 0 Å². The van der Waals surface area contributed by atoms with Gasteiger partial charge in [0.15, 0.2) is 0 Å². The molecular formula is C17H22ClNO2. The largest absolute Gasteiger partial charge is 0.480 e. The number of anilines is 1. The third-order valence-electron chi connectivity index (χ3n) is 3.99. The maximum absolute atomic E-state index is 11.7. The second kappa shape index (κ2) is 5.72. The van der Waals surface area contributed by atoms with Gasteiger partial charge in [0.05, 0.1) is 5.54 Å². The molecule has 0 spiro atoms. The molecule has 3 nitrogen and oxygen atoms in total. The summed E-state index contributed by atoms with van der Waals surface area (Å²) >= 11 is 6.10. The first-order valence-corrected chi connectivity index (χ1v) is 7.67. The highest BCUT2D eigenvalue weighted by molar-refractivity contribution is 6.30. The Morgan fingerprint density at radius 1 is 1.43 bits per heavy atom. The molecule has 1 aromatic carbocycles. The van der Waals surface area contributed by atoms with Crippen molar-refractivity contribution < 1.29 is 9.90 Å². The van der Waals surface area contributed by atoms with Gasteiger partial charge in [-0.1, -0.05) is 31.0 Å². The zero-order valence-corrected chi connectivity index (χ0v) is 13.7. The molecule has 4 heteroatoms. The van der Waals surface area contributed by atoms with Gasteiger partial charge in [-0.05, 0) is 51.0 Å². The Morgan fingerprint density at radius 2 is 2.10 bits per heavy atom. The highest BCUT2D eigenvalue weighted by atomic mass is 35.5. The minimum absolute atomic E-state index is 0.344. The zero-order chi connectivity index (χ0) is 15.8. The smallest absolute Gasteiger partial charge is 0.326 e. The lowest BCUT2D eigenvalue weighted by atomic mass is 9.86. The van der Waals surface area contributed by atoms with E-state index in [2.05, 4.69) is 19.9 Å². The van der Waals surface area contributed by atoms with Gasteiger partial charge >= 0.3 is 5.97 Å². The second-order valence-corrected chi connectivity index (χ2v) is 6.59. The van der Waals surface area contributed by atoms with E-state index >= 15 is 0 Å². The SMILES string of the molecule is CCCC(C(=O)O)N1c2ccc(Cl)cc2C(C)=CC1(C)C. The van der Waals surface area contributed by atoms with Crippen LogP contribution in [0.4, 0.5) is 5.69 Å². The Bertz CT molecular complexity index is 592. The van der Waals surface area contributed by atoms with Crippen LogP contribution in [0.2, 0.25) is 5.02 Å². The predicted molar refractivity (Wildman–Crippen MR) is 88.0 cm³/mol. The van der Waals surface area contributed by atoms with Crippen LogP contribution < -0.4 is 4.90 Å². The molecule has 1 N–H and O–H groups in total. The Balaban J connectivity index is 2.61. The third-order valence-corrected chi connectivity index (χ3v) is 4.23. The second-order valence-electron chi connectivity index (χ2n) is 6.16. The van der Waals surface area contributed by atoms with E-state index in [0.29, 0.717) is 11.4 Å². The standard InChI is InChI=1S/C17H22ClNO2/c1-5-6-15(16(20)21)19-14-8-7-12(18)9-13(14)11(2)10-17(19,3)4/h7-10,15H,5-6H2,1-4H3,(H,20,21). The molecule has 0 saturated heterocycles. The van der Waals surface area contributed by atoms with Crippen molar-refractivity contribution in [3.8, 4) is 0 Å². The summed E-state index contributed by atoms with van der Waals surface area (Å²) in [7, 11) is 0. The lowest BCUT2D eigenvalue weighted by Gasteiger charge is -2.46. The topological polar surface area (TPSA) is 40.5 Å². The Hall–Kier alpha value is -1.48. The van der Waals surface area contributed by atoms with Crippen molar-refractivity contribution in [2.45, 2.75) is 52.1 Å². The monoisotopic (exact) mass is 307 g/mol. The molecule has 21 heavy (non-hydrogen) atoms. The molecule has 1 aliphatic heterocycles. The molecule has 0 amide bonds. The summed E-state index contributed by atoms with van der Waals surface area (Å²) < 4.78 is 0. The number of carbonyl (C=O) groups is 1. The van der Waals surface area contributed by atoms with Gasteiger partial charge in [0, 0.05) is 16.3 Å². The van der Waals surface area contributed by atoms with E-state index in [0.717, 1.165) is 23.2 Å². The normalized spacial score (nSPS) is 18.0. The predicted octanol–water partition coefficient (Wildman–Crippen LogP) is 4.60. The van der Waals surface area contributed by atoms with Gasteiger partial charge in [0.25, 0.3) is 0 Å². The van der Waals surface area contributed by atoms with Gasteiger partial charge in [-0.15, -0.1) is 0 Å². The highest BCUT2D eigenvalue weighted by Gasteiger charge is 2.38. The van der Waals surface area contributed by atoms with Crippen LogP contribution in [0.3, 0.4) is 0 Å². The summed E-state index contributed by atoms with van der Waals surface area (Å²) in [5, 5.41) is 10.3. The molecule has 0 fully saturated rings. The van der Waals surface area contributed by atoms with E-state index in [-0.39, 0.29) is 5.54 Å². The van der Waals surface area contributed by atoms with Crippen molar-refractivity contribution in [3.05, 3.63) is 34.9 Å². The average molecular weight is 308 g/mol. The number of aliphatic carboxylic acids is 1. The van der Waals surface area contributed by atoms with Crippen molar-refractivity contribution in [1.29, 1.82) is 0 Å². The van der Waals surface area contributed by atoms with Crippen LogP contribution in [-0.2, 0) is 4.79 Å². The molecule has 0 bridgehead atoms. The molecule has 0 saturated carbocycles. The number of hydrogen-bond acceptors (Lipinski definition) is 2. The molecular weight excluding hydrogens is 286 g/mol. The van der Waals surface area contributed by atoms with Gasteiger partial charge < -0.3 is 10.0 Å². The van der Waals surface area contributed by atoms with E-state index < -0.39 is 12.0 Å². The molecule has 114 valence electrons. The summed E-state index contributed by atoms with van der Waals surface area (Å²) in [6.07, 6.45) is 3.57. The fraction of sp³-hybridized carbons (Fsp3) is 0.471. The van der Waals surface area contributed by atoms with E-state index in [1.54, 1.807) is 0 Å². The lowest BCUT2D eigenvalue weighted by Crippen LogP contribution is -2.54. The van der Waals surface area contributed by atoms with Crippen molar-refractivity contribution in [2.24, 2.45) is 0 Å². The highest BCUT2D eigenvalue weighted by Crippen LogP contribution is 2.41. The molecule has 2 rings (SSSR count). The van der Waals surface area contributed by atoms with E-state index in [9.17, 15) is 9.90 Å². The molecule has 0 radical (unpaired) electrons. The Labute approximate surface area is 131 Å². The Kier molecular flexibility index (Phi) is 4.33. The number of carboxylic acid groups (broad SMARTS) is 1. The van der Waals surface area contributed by atoms with Gasteiger partial charge in [0.2, 0.25) is 0 Å². The quantitative estimate of drug-likeness (QED) is 0.884. The Morgan fingerprint density at radius 3 is 2.67 bits per heavy atom. The summed E-state index contributed by atoms with van der Waals surface area (Å²) in [5.74, 6) is -0.779. The van der Waals surface area contributed by atoms with Gasteiger partial charge in [-0.25, -0.2) is 4.79 Å². The number of fused-ring (bicyclic) bond motifs is 1. The van der Waals surface area contributed by atoms with E-state index in [1.807, 2.05) is 36.9 Å². The van der Waals surface area contributed by atoms with Crippen LogP contribution in [0.15, 0.2) is 24.3 Å². The first-order chi connectivity index (χ1) is 9.77. The van der Waals surface area contributed by atoms with Crippen molar-refractivity contribution in [1.82, 2.24) is 0 Å². The molecule has 1 aromatic rings. The number of allylic oxidation sites excluding steroid dienone is 1. The van der Waals surface area contributed by atoms with Crippen molar-refractivity contribution >= 4 is 28.8 Å². The lowest BCUT2D eigenvalue weighted by molar-refractivity contribution is -0.139. The number of hydrogen-bond donors (Lipinski definition) is 1. The molecule has 0 aromatic heterocycles. The number of benzene rings is 1. The van der Waals surface area contributed by atoms with Gasteiger partial charge in [-0.2, -0.15) is 0 Å². The fourth-order valence-corrected chi connectivity index (χ4v) is 3.40. The molecule has 1 heterocycles. The zero-order valence-electron chi connectivity index (χ0n) is 13.0. The third kappa shape index (κ3) is 2.93. The van der Waals surface area contributed by atoms with Crippen LogP contribution in [0.25, 0.3) is 5.57 Å². The number of rotatable bonds is 4. The van der Waals surface area contributed by atoms with Crippen molar-refractivity contribution in [2.75, 3.05) is 4.90 Å². The summed E-state index contributed by atoms with van der Waals surface area (Å²) in [6.45, 7) is 8.17. The fourth-order valence-electron chi connectivity index (χ4n) is 3.23. The van der Waals surface area contributed by atoms with Crippen LogP contribution in [0.5, 0.6) is 0 Å². The van der Waals surface area contributed by atoms with Crippen LogP contribution in [0.1, 0.15) is 46.1 Å². The van der Waals surface area contributed by atoms with Crippen molar-refractivity contribution in [3.63, 3.8) is 0 Å². The van der Waals surface area contributed by atoms with Crippen LogP contribution >= 0.6 is 11.6 Å².